The summed E-state index contributed by atoms with van der Waals surface area (Å²) in [5.41, 5.74) is 0.458. The number of piperazine rings is 1. The van der Waals surface area contributed by atoms with E-state index in [1.165, 1.54) is 38.8 Å². The van der Waals surface area contributed by atoms with Crippen molar-refractivity contribution in [2.24, 2.45) is 0 Å². The zero-order valence-corrected chi connectivity index (χ0v) is 10.8. The largest absolute Gasteiger partial charge is 0.385 e. The van der Waals surface area contributed by atoms with Gasteiger partial charge in [-0.05, 0) is 26.2 Å². The first kappa shape index (κ1) is 12.3. The van der Waals surface area contributed by atoms with E-state index in [4.69, 9.17) is 4.74 Å². The molecule has 2 fully saturated rings. The lowest BCUT2D eigenvalue weighted by Gasteiger charge is -2.45. The number of nitrogens with zero attached hydrogens (tertiary/aromatic N) is 1. The molecule has 3 nitrogen and oxygen atoms in total. The van der Waals surface area contributed by atoms with E-state index in [2.05, 4.69) is 17.1 Å². The van der Waals surface area contributed by atoms with Gasteiger partial charge in [-0.25, -0.2) is 0 Å². The van der Waals surface area contributed by atoms with E-state index in [1.54, 1.807) is 7.11 Å². The summed E-state index contributed by atoms with van der Waals surface area (Å²) in [6, 6.07) is 0.683. The Bertz CT molecular complexity index is 214. The maximum absolute atomic E-state index is 5.14. The summed E-state index contributed by atoms with van der Waals surface area (Å²) in [5.74, 6) is 0. The van der Waals surface area contributed by atoms with Gasteiger partial charge in [0.1, 0.15) is 0 Å². The van der Waals surface area contributed by atoms with Crippen LogP contribution in [-0.2, 0) is 4.74 Å². The molecule has 0 aromatic rings. The maximum atomic E-state index is 5.14. The van der Waals surface area contributed by atoms with Gasteiger partial charge in [-0.15, -0.1) is 0 Å². The van der Waals surface area contributed by atoms with Gasteiger partial charge in [0.05, 0.1) is 0 Å². The van der Waals surface area contributed by atoms with Gasteiger partial charge in [-0.1, -0.05) is 12.8 Å². The summed E-state index contributed by atoms with van der Waals surface area (Å²) in [5, 5.41) is 3.79. The Labute approximate surface area is 99.5 Å². The van der Waals surface area contributed by atoms with Crippen molar-refractivity contribution >= 4 is 0 Å². The summed E-state index contributed by atoms with van der Waals surface area (Å²) in [6.45, 7) is 6.83. The molecule has 0 aromatic heterocycles. The van der Waals surface area contributed by atoms with Crippen molar-refractivity contribution in [3.63, 3.8) is 0 Å². The molecule has 3 heteroatoms. The topological polar surface area (TPSA) is 24.5 Å². The monoisotopic (exact) mass is 226 g/mol. The fraction of sp³-hybridized carbons (Fsp3) is 1.00. The van der Waals surface area contributed by atoms with Gasteiger partial charge in [-0.3, -0.25) is 4.90 Å². The highest BCUT2D eigenvalue weighted by Crippen LogP contribution is 2.33. The van der Waals surface area contributed by atoms with Crippen LogP contribution in [0.4, 0.5) is 0 Å². The Morgan fingerprint density at radius 3 is 2.81 bits per heavy atom. The van der Waals surface area contributed by atoms with Crippen LogP contribution in [0.1, 0.15) is 39.0 Å². The normalized spacial score (nSPS) is 30.0. The predicted octanol–water partition coefficient (Wildman–Crippen LogP) is 1.63. The standard InChI is InChI=1S/C13H26N2O/c1-12-10-14-13(6-3-4-7-13)11-15(12)8-5-9-16-2/h12,14H,3-11H2,1-2H3. The lowest BCUT2D eigenvalue weighted by molar-refractivity contribution is 0.0782. The fourth-order valence-electron chi connectivity index (χ4n) is 3.19. The Morgan fingerprint density at radius 1 is 1.38 bits per heavy atom. The molecular weight excluding hydrogens is 200 g/mol. The quantitative estimate of drug-likeness (QED) is 0.737. The van der Waals surface area contributed by atoms with E-state index < -0.39 is 0 Å². The number of hydrogen-bond donors (Lipinski definition) is 1. The Hall–Kier alpha value is -0.120. The van der Waals surface area contributed by atoms with E-state index in [0.717, 1.165) is 19.6 Å². The first-order chi connectivity index (χ1) is 7.76. The summed E-state index contributed by atoms with van der Waals surface area (Å²) in [7, 11) is 1.79. The maximum Gasteiger partial charge on any atom is 0.0474 e. The second-order valence-corrected chi connectivity index (χ2v) is 5.53. The van der Waals surface area contributed by atoms with Crippen LogP contribution < -0.4 is 5.32 Å². The molecule has 1 aliphatic carbocycles. The smallest absolute Gasteiger partial charge is 0.0474 e. The van der Waals surface area contributed by atoms with Crippen LogP contribution in [-0.4, -0.2) is 49.8 Å². The number of rotatable bonds is 4. The van der Waals surface area contributed by atoms with Crippen molar-refractivity contribution in [2.75, 3.05) is 33.4 Å². The minimum absolute atomic E-state index is 0.458. The van der Waals surface area contributed by atoms with Crippen molar-refractivity contribution in [2.45, 2.75) is 50.6 Å². The molecule has 16 heavy (non-hydrogen) atoms. The number of hydrogen-bond acceptors (Lipinski definition) is 3. The first-order valence-corrected chi connectivity index (χ1v) is 6.74. The minimum Gasteiger partial charge on any atom is -0.385 e. The zero-order chi connectivity index (χ0) is 11.4. The number of ether oxygens (including phenoxy) is 1. The summed E-state index contributed by atoms with van der Waals surface area (Å²) in [6.07, 6.45) is 6.73. The summed E-state index contributed by atoms with van der Waals surface area (Å²) >= 11 is 0. The van der Waals surface area contributed by atoms with Crippen molar-refractivity contribution in [1.82, 2.24) is 10.2 Å². The minimum atomic E-state index is 0.458. The highest BCUT2D eigenvalue weighted by molar-refractivity contribution is 5.00. The second-order valence-electron chi connectivity index (χ2n) is 5.53. The average molecular weight is 226 g/mol. The molecule has 0 amide bonds. The molecule has 1 saturated heterocycles. The molecule has 1 atom stereocenters. The molecule has 0 aromatic carbocycles. The second kappa shape index (κ2) is 5.48. The van der Waals surface area contributed by atoms with E-state index in [0.29, 0.717) is 11.6 Å². The fourth-order valence-corrected chi connectivity index (χ4v) is 3.19. The zero-order valence-electron chi connectivity index (χ0n) is 10.8. The van der Waals surface area contributed by atoms with Crippen LogP contribution in [0.2, 0.25) is 0 Å². The van der Waals surface area contributed by atoms with Gasteiger partial charge < -0.3 is 10.1 Å². The van der Waals surface area contributed by atoms with Gasteiger partial charge in [0.25, 0.3) is 0 Å². The molecule has 0 bridgehead atoms. The lowest BCUT2D eigenvalue weighted by atomic mass is 9.92. The van der Waals surface area contributed by atoms with Crippen molar-refractivity contribution in [3.8, 4) is 0 Å². The van der Waals surface area contributed by atoms with E-state index >= 15 is 0 Å². The van der Waals surface area contributed by atoms with Crippen molar-refractivity contribution in [1.29, 1.82) is 0 Å². The molecule has 94 valence electrons. The number of methoxy groups -OCH3 is 1. The summed E-state index contributed by atoms with van der Waals surface area (Å²) < 4.78 is 5.14. The molecule has 2 rings (SSSR count). The lowest BCUT2D eigenvalue weighted by Crippen LogP contribution is -2.62. The van der Waals surface area contributed by atoms with Crippen LogP contribution in [0.25, 0.3) is 0 Å². The Kier molecular flexibility index (Phi) is 4.22. The predicted molar refractivity (Wildman–Crippen MR) is 66.7 cm³/mol. The van der Waals surface area contributed by atoms with E-state index in [9.17, 15) is 0 Å². The van der Waals surface area contributed by atoms with Crippen LogP contribution in [0.15, 0.2) is 0 Å². The highest BCUT2D eigenvalue weighted by Gasteiger charge is 2.39. The third-order valence-corrected chi connectivity index (χ3v) is 4.26. The third kappa shape index (κ3) is 2.76. The van der Waals surface area contributed by atoms with Gasteiger partial charge >= 0.3 is 0 Å². The van der Waals surface area contributed by atoms with Crippen LogP contribution in [0.5, 0.6) is 0 Å². The molecule has 1 spiro atoms. The molecule has 1 heterocycles. The molecule has 2 aliphatic rings. The van der Waals surface area contributed by atoms with Crippen molar-refractivity contribution < 1.29 is 4.74 Å². The number of nitrogens with one attached hydrogen (secondary N) is 1. The van der Waals surface area contributed by atoms with E-state index in [-0.39, 0.29) is 0 Å². The molecule has 1 saturated carbocycles. The average Bonchev–Trinajstić information content (AvgIpc) is 2.73. The van der Waals surface area contributed by atoms with Crippen LogP contribution >= 0.6 is 0 Å². The van der Waals surface area contributed by atoms with Crippen LogP contribution in [0, 0.1) is 0 Å². The summed E-state index contributed by atoms with van der Waals surface area (Å²) in [4.78, 5) is 2.65. The SMILES string of the molecule is COCCCN1CC2(CCCC2)NCC1C. The molecule has 1 N–H and O–H groups in total. The molecule has 1 aliphatic heterocycles. The Morgan fingerprint density at radius 2 is 2.12 bits per heavy atom. The van der Waals surface area contributed by atoms with Crippen LogP contribution in [0.3, 0.4) is 0 Å². The molecule has 1 unspecified atom stereocenters. The van der Waals surface area contributed by atoms with Gasteiger partial charge in [0.15, 0.2) is 0 Å². The highest BCUT2D eigenvalue weighted by atomic mass is 16.5. The Balaban J connectivity index is 1.84. The van der Waals surface area contributed by atoms with Gasteiger partial charge in [0, 0.05) is 44.9 Å². The van der Waals surface area contributed by atoms with Crippen molar-refractivity contribution in [3.05, 3.63) is 0 Å². The third-order valence-electron chi connectivity index (χ3n) is 4.26. The first-order valence-electron chi connectivity index (χ1n) is 6.74. The van der Waals surface area contributed by atoms with E-state index in [1.807, 2.05) is 0 Å². The molecule has 0 radical (unpaired) electrons. The van der Waals surface area contributed by atoms with Gasteiger partial charge in [-0.2, -0.15) is 0 Å². The molecular formula is C13H26N2O. The van der Waals surface area contributed by atoms with Gasteiger partial charge in [0.2, 0.25) is 0 Å².